The summed E-state index contributed by atoms with van der Waals surface area (Å²) >= 11 is 0. The lowest BCUT2D eigenvalue weighted by Crippen LogP contribution is -2.37. The average molecular weight is 481 g/mol. The van der Waals surface area contributed by atoms with Crippen molar-refractivity contribution in [3.05, 3.63) is 69.0 Å². The number of esters is 1. The zero-order valence-corrected chi connectivity index (χ0v) is 18.6. The second-order valence-electron chi connectivity index (χ2n) is 7.77. The molecule has 4 rings (SSSR count). The third kappa shape index (κ3) is 5.32. The summed E-state index contributed by atoms with van der Waals surface area (Å²) in [5.41, 5.74) is -0.505. The van der Waals surface area contributed by atoms with Crippen molar-refractivity contribution in [1.82, 2.24) is 14.6 Å². The normalized spacial score (nSPS) is 30.2. The molecule has 6 atom stereocenters. The van der Waals surface area contributed by atoms with Gasteiger partial charge in [-0.15, -0.1) is 0 Å². The maximum absolute atomic E-state index is 13.0. The minimum Gasteiger partial charge on any atom is -0.460 e. The van der Waals surface area contributed by atoms with E-state index < -0.39 is 55.4 Å². The molecule has 2 saturated heterocycles. The van der Waals surface area contributed by atoms with E-state index >= 15 is 0 Å². The van der Waals surface area contributed by atoms with E-state index in [1.54, 1.807) is 0 Å². The Labute approximate surface area is 188 Å². The minimum atomic E-state index is -3.91. The standard InChI is InChI=1S/C20H24N3O9P/c1-12(19(26)29-9-13-5-3-2-4-6-13)22-33(28)30-10-14-15(11-31-33)32-18(17(14)25)23-8-7-16(24)21-20(23)27/h2-8,12,14-15,17-18,25H,9-11H2,1H3,(H,22,28)(H,21,24,27)/t12-,14+,15+,17+,18+,33+/m0/s1. The van der Waals surface area contributed by atoms with E-state index in [0.29, 0.717) is 0 Å². The summed E-state index contributed by atoms with van der Waals surface area (Å²) in [5.74, 6) is -1.30. The number of aliphatic hydroxyl groups is 1. The topological polar surface area (TPSA) is 158 Å². The number of fused-ring (bicyclic) bond motifs is 1. The van der Waals surface area contributed by atoms with Crippen LogP contribution in [0.15, 0.2) is 52.2 Å². The molecule has 0 aliphatic carbocycles. The lowest BCUT2D eigenvalue weighted by Gasteiger charge is -2.22. The third-order valence-corrected chi connectivity index (χ3v) is 7.10. The van der Waals surface area contributed by atoms with E-state index in [4.69, 9.17) is 18.5 Å². The number of rotatable bonds is 6. The number of aromatic amines is 1. The van der Waals surface area contributed by atoms with Crippen LogP contribution in [-0.2, 0) is 34.5 Å². The number of H-pyrrole nitrogens is 1. The molecular formula is C20H24N3O9P. The van der Waals surface area contributed by atoms with Crippen molar-refractivity contribution in [1.29, 1.82) is 0 Å². The van der Waals surface area contributed by atoms with Crippen LogP contribution >= 0.6 is 7.75 Å². The van der Waals surface area contributed by atoms with Crippen molar-refractivity contribution >= 4 is 13.7 Å². The summed E-state index contributed by atoms with van der Waals surface area (Å²) in [7, 11) is -3.91. The van der Waals surface area contributed by atoms with Gasteiger partial charge in [-0.25, -0.2) is 14.4 Å². The van der Waals surface area contributed by atoms with Crippen LogP contribution in [0, 0.1) is 5.92 Å². The van der Waals surface area contributed by atoms with E-state index in [-0.39, 0.29) is 19.8 Å². The number of carbonyl (C=O) groups excluding carboxylic acids is 1. The van der Waals surface area contributed by atoms with Crippen LogP contribution in [0.3, 0.4) is 0 Å². The van der Waals surface area contributed by atoms with Crippen molar-refractivity contribution in [2.45, 2.75) is 38.0 Å². The summed E-state index contributed by atoms with van der Waals surface area (Å²) in [4.78, 5) is 37.7. The molecule has 0 radical (unpaired) electrons. The fourth-order valence-corrected chi connectivity index (χ4v) is 5.14. The maximum Gasteiger partial charge on any atom is 0.406 e. The molecule has 0 saturated carbocycles. The number of aromatic nitrogens is 2. The van der Waals surface area contributed by atoms with E-state index in [2.05, 4.69) is 10.1 Å². The second kappa shape index (κ2) is 9.72. The highest BCUT2D eigenvalue weighted by molar-refractivity contribution is 7.51. The van der Waals surface area contributed by atoms with Crippen molar-refractivity contribution in [3.8, 4) is 0 Å². The van der Waals surface area contributed by atoms with E-state index in [1.807, 2.05) is 30.3 Å². The average Bonchev–Trinajstić information content (AvgIpc) is 3.00. The van der Waals surface area contributed by atoms with Gasteiger partial charge in [-0.05, 0) is 12.5 Å². The molecule has 0 unspecified atom stereocenters. The Bertz CT molecular complexity index is 1150. The smallest absolute Gasteiger partial charge is 0.406 e. The minimum absolute atomic E-state index is 0.0629. The van der Waals surface area contributed by atoms with Crippen molar-refractivity contribution in [2.24, 2.45) is 5.92 Å². The number of nitrogens with zero attached hydrogens (tertiary/aromatic N) is 1. The molecule has 0 amide bonds. The number of carbonyl (C=O) groups is 1. The predicted octanol–water partition coefficient (Wildman–Crippen LogP) is 0.288. The van der Waals surface area contributed by atoms with Crippen LogP contribution in [-0.4, -0.2) is 52.1 Å². The van der Waals surface area contributed by atoms with Crippen LogP contribution in [0.25, 0.3) is 0 Å². The predicted molar refractivity (Wildman–Crippen MR) is 113 cm³/mol. The van der Waals surface area contributed by atoms with E-state index in [1.165, 1.54) is 13.1 Å². The molecule has 0 spiro atoms. The zero-order chi connectivity index (χ0) is 23.6. The molecular weight excluding hydrogens is 457 g/mol. The van der Waals surface area contributed by atoms with Crippen LogP contribution in [0.4, 0.5) is 0 Å². The zero-order valence-electron chi connectivity index (χ0n) is 17.7. The van der Waals surface area contributed by atoms with E-state index in [0.717, 1.165) is 16.2 Å². The third-order valence-electron chi connectivity index (χ3n) is 5.42. The summed E-state index contributed by atoms with van der Waals surface area (Å²) < 4.78 is 35.9. The molecule has 2 aliphatic rings. The Morgan fingerprint density at radius 3 is 2.73 bits per heavy atom. The lowest BCUT2D eigenvalue weighted by atomic mass is 9.99. The SMILES string of the molecule is C[C@H](N[P@@]1(=O)OC[C@H]2[C@@H](O)[C@H](n3ccc(=O)[nH]c3=O)O[C@@H]2CO1)C(=O)OCc1ccccc1. The highest BCUT2D eigenvalue weighted by Crippen LogP contribution is 2.50. The fourth-order valence-electron chi connectivity index (χ4n) is 3.63. The monoisotopic (exact) mass is 481 g/mol. The molecule has 33 heavy (non-hydrogen) atoms. The molecule has 2 aromatic rings. The molecule has 1 aromatic heterocycles. The van der Waals surface area contributed by atoms with Crippen molar-refractivity contribution < 1.29 is 33.0 Å². The number of nitrogens with one attached hydrogen (secondary N) is 2. The molecule has 13 heteroatoms. The summed E-state index contributed by atoms with van der Waals surface area (Å²) in [6.07, 6.45) is -1.78. The van der Waals surface area contributed by atoms with Gasteiger partial charge in [0, 0.05) is 18.2 Å². The van der Waals surface area contributed by atoms with Crippen LogP contribution in [0.5, 0.6) is 0 Å². The molecule has 3 N–H and O–H groups in total. The number of aliphatic hydroxyl groups excluding tert-OH is 1. The Hall–Kier alpha value is -2.60. The van der Waals surface area contributed by atoms with Gasteiger partial charge in [0.2, 0.25) is 0 Å². The first-order valence-corrected chi connectivity index (χ1v) is 11.8. The van der Waals surface area contributed by atoms with Gasteiger partial charge in [-0.2, -0.15) is 0 Å². The van der Waals surface area contributed by atoms with Crippen LogP contribution < -0.4 is 16.3 Å². The van der Waals surface area contributed by atoms with Gasteiger partial charge in [-0.3, -0.25) is 28.2 Å². The van der Waals surface area contributed by atoms with E-state index in [9.17, 15) is 24.1 Å². The summed E-state index contributed by atoms with van der Waals surface area (Å²) in [5, 5.41) is 13.2. The molecule has 1 aromatic carbocycles. The van der Waals surface area contributed by atoms with Gasteiger partial charge >= 0.3 is 19.4 Å². The van der Waals surface area contributed by atoms with Crippen LogP contribution in [0.2, 0.25) is 0 Å². The van der Waals surface area contributed by atoms with Crippen molar-refractivity contribution in [3.63, 3.8) is 0 Å². The summed E-state index contributed by atoms with van der Waals surface area (Å²) in [6, 6.07) is 9.25. The quantitative estimate of drug-likeness (QED) is 0.387. The van der Waals surface area contributed by atoms with Gasteiger partial charge in [-0.1, -0.05) is 30.3 Å². The largest absolute Gasteiger partial charge is 0.460 e. The molecule has 178 valence electrons. The molecule has 3 heterocycles. The first-order valence-electron chi connectivity index (χ1n) is 10.3. The number of benzene rings is 1. The number of hydrogen-bond donors (Lipinski definition) is 3. The van der Waals surface area contributed by atoms with Gasteiger partial charge in [0.1, 0.15) is 18.8 Å². The fraction of sp³-hybridized carbons (Fsp3) is 0.450. The molecule has 2 aliphatic heterocycles. The molecule has 12 nitrogen and oxygen atoms in total. The second-order valence-corrected chi connectivity index (χ2v) is 9.54. The Morgan fingerprint density at radius 1 is 1.27 bits per heavy atom. The van der Waals surface area contributed by atoms with Crippen molar-refractivity contribution in [2.75, 3.05) is 13.2 Å². The first kappa shape index (κ1) is 23.6. The molecule has 2 fully saturated rings. The first-order chi connectivity index (χ1) is 15.8. The molecule has 0 bridgehead atoms. The van der Waals surface area contributed by atoms with Gasteiger partial charge in [0.25, 0.3) is 5.56 Å². The highest BCUT2D eigenvalue weighted by Gasteiger charge is 2.49. The van der Waals surface area contributed by atoms with Gasteiger partial charge < -0.3 is 14.6 Å². The Kier molecular flexibility index (Phi) is 6.94. The van der Waals surface area contributed by atoms with Gasteiger partial charge in [0.05, 0.1) is 19.3 Å². The lowest BCUT2D eigenvalue weighted by molar-refractivity contribution is -0.146. The van der Waals surface area contributed by atoms with Gasteiger partial charge in [0.15, 0.2) is 6.23 Å². The van der Waals surface area contributed by atoms with Crippen LogP contribution in [0.1, 0.15) is 18.7 Å². The summed E-state index contributed by atoms with van der Waals surface area (Å²) in [6.45, 7) is 1.10. The number of hydrogen-bond acceptors (Lipinski definition) is 9. The Balaban J connectivity index is 1.35. The maximum atomic E-state index is 13.0. The Morgan fingerprint density at radius 2 is 2.00 bits per heavy atom. The number of ether oxygens (including phenoxy) is 2. The highest BCUT2D eigenvalue weighted by atomic mass is 31.2.